The Balaban J connectivity index is 1.43. The fraction of sp³-hybridized carbons (Fsp3) is 0.417. The molecule has 0 aliphatic heterocycles. The molecule has 0 spiro atoms. The first kappa shape index (κ1) is 20.4. The van der Waals surface area contributed by atoms with E-state index in [0.29, 0.717) is 28.7 Å². The number of nitrogens with one attached hydrogen (secondary N) is 1. The first-order valence-corrected chi connectivity index (χ1v) is 10.7. The van der Waals surface area contributed by atoms with Gasteiger partial charge in [-0.25, -0.2) is 14.4 Å². The average molecular weight is 407 g/mol. The van der Waals surface area contributed by atoms with Crippen LogP contribution in [0, 0.1) is 18.7 Å². The van der Waals surface area contributed by atoms with Crippen LogP contribution in [0.1, 0.15) is 66.7 Å². The summed E-state index contributed by atoms with van der Waals surface area (Å²) in [6.45, 7) is 3.91. The van der Waals surface area contributed by atoms with Crippen molar-refractivity contribution in [1.82, 2.24) is 20.3 Å². The number of aryl methyl sites for hydroxylation is 1. The van der Waals surface area contributed by atoms with Crippen LogP contribution in [0.4, 0.5) is 4.39 Å². The number of hydrogen-bond acceptors (Lipinski definition) is 4. The summed E-state index contributed by atoms with van der Waals surface area (Å²) in [7, 11) is 0. The molecule has 2 heterocycles. The number of pyridine rings is 1. The molecule has 1 atom stereocenters. The number of hydrogen-bond donors (Lipinski definition) is 1. The van der Waals surface area contributed by atoms with E-state index in [2.05, 4.69) is 27.2 Å². The van der Waals surface area contributed by atoms with Crippen LogP contribution in [0.5, 0.6) is 0 Å². The summed E-state index contributed by atoms with van der Waals surface area (Å²) in [5.41, 5.74) is 2.14. The zero-order valence-corrected chi connectivity index (χ0v) is 17.4. The smallest absolute Gasteiger partial charge is 0.254 e. The van der Waals surface area contributed by atoms with E-state index in [9.17, 15) is 9.18 Å². The van der Waals surface area contributed by atoms with Crippen molar-refractivity contribution in [2.45, 2.75) is 57.9 Å². The van der Waals surface area contributed by atoms with E-state index in [0.717, 1.165) is 37.5 Å². The van der Waals surface area contributed by atoms with Crippen LogP contribution in [-0.2, 0) is 0 Å². The number of carbonyl (C=O) groups excluding carboxylic acids is 1. The van der Waals surface area contributed by atoms with Gasteiger partial charge in [0.25, 0.3) is 5.91 Å². The lowest BCUT2D eigenvalue weighted by molar-refractivity contribution is 0.0908. The second kappa shape index (κ2) is 8.86. The summed E-state index contributed by atoms with van der Waals surface area (Å²) >= 11 is 0. The molecule has 0 saturated heterocycles. The van der Waals surface area contributed by atoms with Crippen molar-refractivity contribution in [2.75, 3.05) is 0 Å². The Bertz CT molecular complexity index is 1030. The van der Waals surface area contributed by atoms with Crippen LogP contribution in [0.3, 0.4) is 0 Å². The van der Waals surface area contributed by atoms with Gasteiger partial charge in [0.1, 0.15) is 17.2 Å². The first-order chi connectivity index (χ1) is 14.6. The fourth-order valence-corrected chi connectivity index (χ4v) is 4.66. The van der Waals surface area contributed by atoms with E-state index < -0.39 is 0 Å². The number of benzene rings is 1. The number of aromatic nitrogens is 3. The molecule has 0 radical (unpaired) electrons. The highest BCUT2D eigenvalue weighted by molar-refractivity contribution is 5.93. The van der Waals surface area contributed by atoms with Gasteiger partial charge in [0.15, 0.2) is 0 Å². The molecule has 1 saturated carbocycles. The third-order valence-electron chi connectivity index (χ3n) is 6.34. The van der Waals surface area contributed by atoms with Crippen molar-refractivity contribution in [2.24, 2.45) is 5.92 Å². The first-order valence-electron chi connectivity index (χ1n) is 10.7. The van der Waals surface area contributed by atoms with Gasteiger partial charge in [0.05, 0.1) is 5.56 Å². The minimum Gasteiger partial charge on any atom is -0.349 e. The number of para-hydroxylation sites is 1. The molecule has 5 nitrogen and oxygen atoms in total. The topological polar surface area (TPSA) is 67.8 Å². The van der Waals surface area contributed by atoms with E-state index in [1.807, 2.05) is 12.1 Å². The molecule has 1 aromatic carbocycles. The number of amides is 1. The number of halogens is 1. The average Bonchev–Trinajstić information content (AvgIpc) is 2.78. The second-order valence-electron chi connectivity index (χ2n) is 8.16. The molecule has 0 unspecified atom stereocenters. The standard InChI is InChI=1S/C24H27FN4O/c1-3-22(29-24(30)18-13-27-15(2)28-14-18)17-9-7-16(8-10-17)19-11-12-26-23-20(19)5-4-6-21(23)25/h4-6,11-14,16-17,22H,3,7-10H2,1-2H3,(H,29,30)/t16-,17-,22-/m1/s1. The summed E-state index contributed by atoms with van der Waals surface area (Å²) in [5.74, 6) is 1.11. The Morgan fingerprint density at radius 3 is 2.57 bits per heavy atom. The zero-order chi connectivity index (χ0) is 21.1. The maximum Gasteiger partial charge on any atom is 0.254 e. The molecular formula is C24H27FN4O. The SMILES string of the molecule is CC[C@@H](NC(=O)c1cnc(C)nc1)[C@H]1CC[C@H](c2ccnc3c(F)cccc32)CC1. The van der Waals surface area contributed by atoms with E-state index in [1.54, 1.807) is 31.6 Å². The summed E-state index contributed by atoms with van der Waals surface area (Å²) in [6.07, 6.45) is 9.88. The van der Waals surface area contributed by atoms with Gasteiger partial charge in [-0.05, 0) is 68.6 Å². The lowest BCUT2D eigenvalue weighted by Crippen LogP contribution is -2.41. The highest BCUT2D eigenvalue weighted by atomic mass is 19.1. The number of carbonyl (C=O) groups is 1. The molecule has 6 heteroatoms. The van der Waals surface area contributed by atoms with Crippen molar-refractivity contribution >= 4 is 16.8 Å². The highest BCUT2D eigenvalue weighted by Crippen LogP contribution is 2.40. The van der Waals surface area contributed by atoms with Crippen molar-refractivity contribution in [1.29, 1.82) is 0 Å². The third kappa shape index (κ3) is 4.18. The molecule has 1 aliphatic carbocycles. The Kier molecular flexibility index (Phi) is 6.02. The molecule has 1 amide bonds. The van der Waals surface area contributed by atoms with Crippen molar-refractivity contribution in [3.05, 3.63) is 65.6 Å². The minimum absolute atomic E-state index is 0.112. The molecule has 2 aromatic heterocycles. The summed E-state index contributed by atoms with van der Waals surface area (Å²) in [6, 6.07) is 7.34. The van der Waals surface area contributed by atoms with Crippen LogP contribution >= 0.6 is 0 Å². The van der Waals surface area contributed by atoms with Crippen LogP contribution < -0.4 is 5.32 Å². The lowest BCUT2D eigenvalue weighted by Gasteiger charge is -2.34. The summed E-state index contributed by atoms with van der Waals surface area (Å²) in [5, 5.41) is 4.10. The Hall–Kier alpha value is -2.89. The number of fused-ring (bicyclic) bond motifs is 1. The van der Waals surface area contributed by atoms with Gasteiger partial charge in [-0.2, -0.15) is 0 Å². The van der Waals surface area contributed by atoms with Crippen LogP contribution in [0.15, 0.2) is 42.9 Å². The Labute approximate surface area is 176 Å². The van der Waals surface area contributed by atoms with Crippen molar-refractivity contribution in [3.8, 4) is 0 Å². The monoisotopic (exact) mass is 406 g/mol. The number of rotatable bonds is 5. The number of nitrogens with zero attached hydrogens (tertiary/aromatic N) is 3. The second-order valence-corrected chi connectivity index (χ2v) is 8.16. The molecule has 1 aliphatic rings. The quantitative estimate of drug-likeness (QED) is 0.651. The van der Waals surface area contributed by atoms with Gasteiger partial charge in [0, 0.05) is 30.0 Å². The highest BCUT2D eigenvalue weighted by Gasteiger charge is 2.29. The van der Waals surface area contributed by atoms with E-state index in [1.165, 1.54) is 11.6 Å². The van der Waals surface area contributed by atoms with Gasteiger partial charge in [-0.3, -0.25) is 9.78 Å². The zero-order valence-electron chi connectivity index (χ0n) is 17.4. The van der Waals surface area contributed by atoms with Gasteiger partial charge in [-0.15, -0.1) is 0 Å². The van der Waals surface area contributed by atoms with E-state index >= 15 is 0 Å². The predicted molar refractivity (Wildman–Crippen MR) is 115 cm³/mol. The normalized spacial score (nSPS) is 20.1. The lowest BCUT2D eigenvalue weighted by atomic mass is 9.75. The van der Waals surface area contributed by atoms with Gasteiger partial charge < -0.3 is 5.32 Å². The predicted octanol–water partition coefficient (Wildman–Crippen LogP) is 4.95. The molecule has 1 N–H and O–H groups in total. The molecule has 0 bridgehead atoms. The molecule has 1 fully saturated rings. The van der Waals surface area contributed by atoms with Crippen molar-refractivity contribution in [3.63, 3.8) is 0 Å². The van der Waals surface area contributed by atoms with E-state index in [-0.39, 0.29) is 17.8 Å². The largest absolute Gasteiger partial charge is 0.349 e. The Morgan fingerprint density at radius 1 is 1.13 bits per heavy atom. The fourth-order valence-electron chi connectivity index (χ4n) is 4.66. The van der Waals surface area contributed by atoms with E-state index in [4.69, 9.17) is 0 Å². The van der Waals surface area contributed by atoms with Crippen LogP contribution in [-0.4, -0.2) is 26.9 Å². The Morgan fingerprint density at radius 2 is 1.87 bits per heavy atom. The molecule has 4 rings (SSSR count). The summed E-state index contributed by atoms with van der Waals surface area (Å²) < 4.78 is 14.1. The maximum atomic E-state index is 14.1. The minimum atomic E-state index is -0.267. The maximum absolute atomic E-state index is 14.1. The van der Waals surface area contributed by atoms with Crippen LogP contribution in [0.2, 0.25) is 0 Å². The van der Waals surface area contributed by atoms with Crippen LogP contribution in [0.25, 0.3) is 10.9 Å². The molecule has 156 valence electrons. The molecule has 3 aromatic rings. The van der Waals surface area contributed by atoms with Gasteiger partial charge in [-0.1, -0.05) is 19.1 Å². The van der Waals surface area contributed by atoms with Gasteiger partial charge >= 0.3 is 0 Å². The molecular weight excluding hydrogens is 379 g/mol. The van der Waals surface area contributed by atoms with Crippen molar-refractivity contribution < 1.29 is 9.18 Å². The third-order valence-corrected chi connectivity index (χ3v) is 6.34. The summed E-state index contributed by atoms with van der Waals surface area (Å²) in [4.78, 5) is 25.1. The van der Waals surface area contributed by atoms with Gasteiger partial charge in [0.2, 0.25) is 0 Å². The molecule has 30 heavy (non-hydrogen) atoms.